The Bertz CT molecular complexity index is 1180. The zero-order chi connectivity index (χ0) is 22.7. The molecule has 1 unspecified atom stereocenters. The molecule has 0 amide bonds. The van der Waals surface area contributed by atoms with Gasteiger partial charge in [-0.1, -0.05) is 36.4 Å². The smallest absolute Gasteiger partial charge is 0.417 e. The average molecular weight is 440 g/mol. The van der Waals surface area contributed by atoms with Crippen molar-refractivity contribution in [2.75, 3.05) is 11.9 Å². The van der Waals surface area contributed by atoms with Gasteiger partial charge >= 0.3 is 12.1 Å². The molecule has 4 rings (SSSR count). The van der Waals surface area contributed by atoms with Crippen LogP contribution in [-0.4, -0.2) is 22.7 Å². The summed E-state index contributed by atoms with van der Waals surface area (Å²) in [5.41, 5.74) is 1.16. The number of hydrogen-bond donors (Lipinski definition) is 2. The van der Waals surface area contributed by atoms with E-state index >= 15 is 0 Å². The number of carboxylic acid groups (broad SMARTS) is 1. The number of benzene rings is 2. The highest BCUT2D eigenvalue weighted by atomic mass is 19.4. The first-order valence-corrected chi connectivity index (χ1v) is 9.88. The van der Waals surface area contributed by atoms with E-state index in [-0.39, 0.29) is 17.0 Å². The van der Waals surface area contributed by atoms with Crippen molar-refractivity contribution in [2.24, 2.45) is 0 Å². The fraction of sp³-hybridized carbons (Fsp3) is 0.167. The largest absolute Gasteiger partial charge is 0.493 e. The summed E-state index contributed by atoms with van der Waals surface area (Å²) in [5, 5.41) is 12.2. The Balaban J connectivity index is 1.59. The fourth-order valence-corrected chi connectivity index (χ4v) is 3.72. The van der Waals surface area contributed by atoms with Gasteiger partial charge in [0.25, 0.3) is 0 Å². The number of carboxylic acids is 1. The van der Waals surface area contributed by atoms with Crippen molar-refractivity contribution < 1.29 is 27.8 Å². The van der Waals surface area contributed by atoms with E-state index in [1.165, 1.54) is 30.6 Å². The number of rotatable bonds is 5. The van der Waals surface area contributed by atoms with E-state index in [1.54, 1.807) is 30.5 Å². The third kappa shape index (κ3) is 4.44. The lowest BCUT2D eigenvalue weighted by molar-refractivity contribution is -0.137. The van der Waals surface area contributed by atoms with Gasteiger partial charge in [0.15, 0.2) is 0 Å². The van der Waals surface area contributed by atoms with Crippen LogP contribution in [0.15, 0.2) is 73.2 Å². The minimum atomic E-state index is -4.45. The Kier molecular flexibility index (Phi) is 5.85. The number of hydrogen-bond acceptors (Lipinski definition) is 4. The van der Waals surface area contributed by atoms with Crippen LogP contribution < -0.4 is 10.1 Å². The third-order valence-electron chi connectivity index (χ3n) is 5.26. The molecule has 2 N–H and O–H groups in total. The lowest BCUT2D eigenvalue weighted by atomic mass is 9.90. The number of ether oxygens (including phenoxy) is 1. The zero-order valence-electron chi connectivity index (χ0n) is 16.8. The number of anilines is 1. The Hall–Kier alpha value is -3.81. The standard InChI is InChI=1S/C24H19F3N2O3/c25-24(26,27)20-4-2-1-3-17(20)16-5-6-18-15(9-12-32-22(18)13-16)7-11-29-21-14-28-10-8-19(21)23(30)31/h1-8,10-11,13-15,29H,9,12H2,(H,30,31)/b11-7+. The summed E-state index contributed by atoms with van der Waals surface area (Å²) in [6.45, 7) is 0.416. The molecule has 1 aliphatic rings. The van der Waals surface area contributed by atoms with Gasteiger partial charge in [-0.25, -0.2) is 4.79 Å². The van der Waals surface area contributed by atoms with Gasteiger partial charge < -0.3 is 15.2 Å². The van der Waals surface area contributed by atoms with Gasteiger partial charge in [-0.15, -0.1) is 0 Å². The third-order valence-corrected chi connectivity index (χ3v) is 5.26. The SMILES string of the molecule is O=C(O)c1ccncc1N/C=C/C1CCOc2cc(-c3ccccc3C(F)(F)F)ccc21. The summed E-state index contributed by atoms with van der Waals surface area (Å²) in [7, 11) is 0. The van der Waals surface area contributed by atoms with Crippen molar-refractivity contribution in [2.45, 2.75) is 18.5 Å². The van der Waals surface area contributed by atoms with Crippen LogP contribution in [0.25, 0.3) is 11.1 Å². The van der Waals surface area contributed by atoms with E-state index in [2.05, 4.69) is 10.3 Å². The van der Waals surface area contributed by atoms with Crippen LogP contribution >= 0.6 is 0 Å². The first-order chi connectivity index (χ1) is 15.3. The van der Waals surface area contributed by atoms with E-state index in [0.29, 0.717) is 30.0 Å². The van der Waals surface area contributed by atoms with Crippen LogP contribution in [0.3, 0.4) is 0 Å². The number of pyridine rings is 1. The van der Waals surface area contributed by atoms with Crippen LogP contribution in [0.1, 0.15) is 33.8 Å². The monoisotopic (exact) mass is 440 g/mol. The molecule has 32 heavy (non-hydrogen) atoms. The molecule has 0 radical (unpaired) electrons. The highest BCUT2D eigenvalue weighted by Crippen LogP contribution is 2.41. The first-order valence-electron chi connectivity index (χ1n) is 9.88. The van der Waals surface area contributed by atoms with E-state index in [9.17, 15) is 23.1 Å². The Morgan fingerprint density at radius 1 is 1.19 bits per heavy atom. The maximum absolute atomic E-state index is 13.4. The zero-order valence-corrected chi connectivity index (χ0v) is 16.8. The molecule has 0 bridgehead atoms. The van der Waals surface area contributed by atoms with Crippen molar-refractivity contribution in [1.82, 2.24) is 4.98 Å². The maximum Gasteiger partial charge on any atom is 0.417 e. The van der Waals surface area contributed by atoms with E-state index in [4.69, 9.17) is 4.74 Å². The minimum absolute atomic E-state index is 0.0388. The Morgan fingerprint density at radius 2 is 2.00 bits per heavy atom. The second kappa shape index (κ2) is 8.74. The summed E-state index contributed by atoms with van der Waals surface area (Å²) in [6, 6.07) is 11.9. The van der Waals surface area contributed by atoms with Gasteiger partial charge in [-0.3, -0.25) is 4.98 Å². The van der Waals surface area contributed by atoms with E-state index in [1.807, 2.05) is 6.08 Å². The number of allylic oxidation sites excluding steroid dienone is 1. The number of halogens is 3. The predicted molar refractivity (Wildman–Crippen MR) is 114 cm³/mol. The Labute approximate surface area is 182 Å². The summed E-state index contributed by atoms with van der Waals surface area (Å²) in [5.74, 6) is -0.567. The lowest BCUT2D eigenvalue weighted by Gasteiger charge is -2.25. The molecule has 0 aliphatic carbocycles. The first kappa shape index (κ1) is 21.4. The molecule has 1 aliphatic heterocycles. The number of nitrogens with zero attached hydrogens (tertiary/aromatic N) is 1. The normalized spacial score (nSPS) is 15.8. The van der Waals surface area contributed by atoms with Crippen molar-refractivity contribution in [3.8, 4) is 16.9 Å². The topological polar surface area (TPSA) is 71.5 Å². The average Bonchev–Trinajstić information content (AvgIpc) is 2.78. The molecular formula is C24H19F3N2O3. The van der Waals surface area contributed by atoms with Crippen LogP contribution in [0, 0.1) is 0 Å². The van der Waals surface area contributed by atoms with Crippen molar-refractivity contribution in [3.05, 3.63) is 89.9 Å². The van der Waals surface area contributed by atoms with E-state index in [0.717, 1.165) is 11.6 Å². The Morgan fingerprint density at radius 3 is 2.78 bits per heavy atom. The molecule has 0 spiro atoms. The minimum Gasteiger partial charge on any atom is -0.493 e. The van der Waals surface area contributed by atoms with Crippen LogP contribution in [0.5, 0.6) is 5.75 Å². The molecule has 2 heterocycles. The molecule has 3 aromatic rings. The summed E-state index contributed by atoms with van der Waals surface area (Å²) in [4.78, 5) is 15.2. The lowest BCUT2D eigenvalue weighted by Crippen LogP contribution is -2.13. The van der Waals surface area contributed by atoms with Crippen molar-refractivity contribution in [1.29, 1.82) is 0 Å². The quantitative estimate of drug-likeness (QED) is 0.512. The molecule has 0 fully saturated rings. The number of fused-ring (bicyclic) bond motifs is 1. The summed E-state index contributed by atoms with van der Waals surface area (Å²) < 4.78 is 45.9. The van der Waals surface area contributed by atoms with Crippen molar-refractivity contribution in [3.63, 3.8) is 0 Å². The van der Waals surface area contributed by atoms with Gasteiger partial charge in [-0.05, 0) is 41.9 Å². The predicted octanol–water partition coefficient (Wildman–Crippen LogP) is 5.96. The molecule has 164 valence electrons. The summed E-state index contributed by atoms with van der Waals surface area (Å²) in [6.07, 6.45) is 2.59. The molecule has 0 saturated heterocycles. The van der Waals surface area contributed by atoms with Gasteiger partial charge in [0, 0.05) is 17.7 Å². The van der Waals surface area contributed by atoms with Gasteiger partial charge in [-0.2, -0.15) is 13.2 Å². The number of carbonyl (C=O) groups is 1. The van der Waals surface area contributed by atoms with Gasteiger partial charge in [0.05, 0.1) is 29.6 Å². The number of aromatic carboxylic acids is 1. The van der Waals surface area contributed by atoms with E-state index < -0.39 is 17.7 Å². The molecule has 1 aromatic heterocycles. The van der Waals surface area contributed by atoms with Gasteiger partial charge in [0.2, 0.25) is 0 Å². The van der Waals surface area contributed by atoms with Crippen LogP contribution in [0.2, 0.25) is 0 Å². The number of aromatic nitrogens is 1. The maximum atomic E-state index is 13.4. The molecule has 2 aromatic carbocycles. The number of nitrogens with one attached hydrogen (secondary N) is 1. The molecule has 0 saturated carbocycles. The van der Waals surface area contributed by atoms with Crippen LogP contribution in [0.4, 0.5) is 18.9 Å². The highest BCUT2D eigenvalue weighted by molar-refractivity contribution is 5.94. The van der Waals surface area contributed by atoms with Gasteiger partial charge in [0.1, 0.15) is 5.75 Å². The molecule has 8 heteroatoms. The van der Waals surface area contributed by atoms with Crippen LogP contribution in [-0.2, 0) is 6.18 Å². The molecule has 5 nitrogen and oxygen atoms in total. The number of alkyl halides is 3. The van der Waals surface area contributed by atoms with Crippen molar-refractivity contribution >= 4 is 11.7 Å². The highest BCUT2D eigenvalue weighted by Gasteiger charge is 2.33. The second-order valence-electron chi connectivity index (χ2n) is 7.27. The molecular weight excluding hydrogens is 421 g/mol. The second-order valence-corrected chi connectivity index (χ2v) is 7.27. The fourth-order valence-electron chi connectivity index (χ4n) is 3.72. The molecule has 1 atom stereocenters. The summed E-state index contributed by atoms with van der Waals surface area (Å²) >= 11 is 0.